The monoisotopic (exact) mass is 374 g/mol. The number of carbonyl (C=O) groups excluding carboxylic acids is 1. The second-order valence-electron chi connectivity index (χ2n) is 6.83. The summed E-state index contributed by atoms with van der Waals surface area (Å²) in [6.07, 6.45) is 3.59. The second kappa shape index (κ2) is 7.91. The normalized spacial score (nSPS) is 17.2. The molecule has 0 aliphatic carbocycles. The smallest absolute Gasteiger partial charge is 0.269 e. The molecule has 138 valence electrons. The predicted octanol–water partition coefficient (Wildman–Crippen LogP) is 2.37. The number of likely N-dealkylation sites (tertiary alicyclic amines) is 1. The second-order valence-corrected chi connectivity index (χ2v) is 7.27. The van der Waals surface area contributed by atoms with Crippen LogP contribution in [0.15, 0.2) is 41.3 Å². The Kier molecular flexibility index (Phi) is 5.61. The summed E-state index contributed by atoms with van der Waals surface area (Å²) in [6, 6.07) is 9.30. The molecule has 1 amide bonds. The van der Waals surface area contributed by atoms with E-state index in [4.69, 9.17) is 11.6 Å². The summed E-state index contributed by atoms with van der Waals surface area (Å²) in [5.74, 6) is 0.224. The summed E-state index contributed by atoms with van der Waals surface area (Å²) in [7, 11) is 3.69. The Hall–Kier alpha value is -2.34. The molecule has 1 aromatic heterocycles. The first-order valence-corrected chi connectivity index (χ1v) is 9.09. The molecule has 26 heavy (non-hydrogen) atoms. The van der Waals surface area contributed by atoms with Crippen LogP contribution in [0.1, 0.15) is 24.3 Å². The first kappa shape index (κ1) is 18.5. The molecular weight excluding hydrogens is 352 g/mol. The fraction of sp³-hybridized carbons (Fsp3) is 0.421. The summed E-state index contributed by atoms with van der Waals surface area (Å²) in [4.78, 5) is 28.5. The van der Waals surface area contributed by atoms with Crippen molar-refractivity contribution in [2.24, 2.45) is 0 Å². The Bertz CT molecular complexity index is 832. The molecule has 0 unspecified atom stereocenters. The molecule has 0 N–H and O–H groups in total. The van der Waals surface area contributed by atoms with E-state index < -0.39 is 0 Å². The van der Waals surface area contributed by atoms with Gasteiger partial charge in [0.2, 0.25) is 5.91 Å². The molecule has 1 aliphatic heterocycles. The van der Waals surface area contributed by atoms with Crippen LogP contribution < -0.4 is 10.5 Å². The lowest BCUT2D eigenvalue weighted by molar-refractivity contribution is -0.133. The van der Waals surface area contributed by atoms with E-state index in [-0.39, 0.29) is 18.0 Å². The number of halogens is 1. The third kappa shape index (κ3) is 4.25. The highest BCUT2D eigenvalue weighted by molar-refractivity contribution is 6.30. The zero-order valence-electron chi connectivity index (χ0n) is 15.1. The Morgan fingerprint density at radius 2 is 2.04 bits per heavy atom. The van der Waals surface area contributed by atoms with Crippen LogP contribution in [0.5, 0.6) is 0 Å². The van der Waals surface area contributed by atoms with Crippen molar-refractivity contribution < 1.29 is 4.79 Å². The summed E-state index contributed by atoms with van der Waals surface area (Å²) < 4.78 is 1.22. The van der Waals surface area contributed by atoms with Crippen molar-refractivity contribution in [2.45, 2.75) is 25.3 Å². The van der Waals surface area contributed by atoms with E-state index in [9.17, 15) is 9.59 Å². The minimum Gasteiger partial charge on any atom is -0.376 e. The van der Waals surface area contributed by atoms with Gasteiger partial charge in [-0.25, -0.2) is 4.68 Å². The molecule has 0 radical (unpaired) electrons. The molecule has 0 saturated carbocycles. The van der Waals surface area contributed by atoms with Crippen molar-refractivity contribution in [3.05, 3.63) is 57.5 Å². The highest BCUT2D eigenvalue weighted by Crippen LogP contribution is 2.27. The van der Waals surface area contributed by atoms with Crippen LogP contribution in [0, 0.1) is 0 Å². The predicted molar refractivity (Wildman–Crippen MR) is 103 cm³/mol. The summed E-state index contributed by atoms with van der Waals surface area (Å²) in [5, 5.41) is 4.83. The lowest BCUT2D eigenvalue weighted by atomic mass is 9.90. The van der Waals surface area contributed by atoms with E-state index in [2.05, 4.69) is 5.10 Å². The number of nitrogens with zero attached hydrogens (tertiary/aromatic N) is 4. The Morgan fingerprint density at radius 1 is 1.31 bits per heavy atom. The van der Waals surface area contributed by atoms with E-state index in [1.807, 2.05) is 48.2 Å². The molecule has 1 aromatic carbocycles. The molecule has 1 aliphatic rings. The lowest BCUT2D eigenvalue weighted by Gasteiger charge is -2.33. The Morgan fingerprint density at radius 3 is 2.69 bits per heavy atom. The van der Waals surface area contributed by atoms with Gasteiger partial charge in [-0.15, -0.1) is 0 Å². The third-order valence-electron chi connectivity index (χ3n) is 4.77. The van der Waals surface area contributed by atoms with Crippen molar-refractivity contribution >= 4 is 23.2 Å². The van der Waals surface area contributed by atoms with Crippen LogP contribution in [-0.4, -0.2) is 47.8 Å². The number of hydrogen-bond acceptors (Lipinski definition) is 4. The van der Waals surface area contributed by atoms with Gasteiger partial charge in [0.15, 0.2) is 0 Å². The van der Waals surface area contributed by atoms with Crippen molar-refractivity contribution in [1.82, 2.24) is 14.7 Å². The Balaban J connectivity index is 1.68. The standard InChI is InChI=1S/C19H23ClN4O2/c1-22(2)17-10-18(25)24(21-11-17)13-19(26)23-9-3-4-15(12-23)14-5-7-16(20)8-6-14/h5-8,10-11,15H,3-4,9,12-13H2,1-2H3/t15-/m1/s1. The SMILES string of the molecule is CN(C)c1cnn(CC(=O)N2CCC[C@@H](c3ccc(Cl)cc3)C2)c(=O)c1. The van der Waals surface area contributed by atoms with Crippen LogP contribution in [0.25, 0.3) is 0 Å². The molecule has 2 heterocycles. The molecule has 0 spiro atoms. The van der Waals surface area contributed by atoms with E-state index in [1.165, 1.54) is 16.3 Å². The molecule has 2 aromatic rings. The molecule has 7 heteroatoms. The third-order valence-corrected chi connectivity index (χ3v) is 5.02. The van der Waals surface area contributed by atoms with E-state index in [0.717, 1.165) is 18.5 Å². The van der Waals surface area contributed by atoms with Gasteiger partial charge in [0.25, 0.3) is 5.56 Å². The molecule has 6 nitrogen and oxygen atoms in total. The van der Waals surface area contributed by atoms with E-state index >= 15 is 0 Å². The topological polar surface area (TPSA) is 58.4 Å². The first-order valence-electron chi connectivity index (χ1n) is 8.72. The number of carbonyl (C=O) groups is 1. The van der Waals surface area contributed by atoms with Crippen LogP contribution in [-0.2, 0) is 11.3 Å². The summed E-state index contributed by atoms with van der Waals surface area (Å²) in [5.41, 5.74) is 1.65. The van der Waals surface area contributed by atoms with Gasteiger partial charge in [-0.1, -0.05) is 23.7 Å². The molecule has 1 atom stereocenters. The summed E-state index contributed by atoms with van der Waals surface area (Å²) >= 11 is 5.96. The van der Waals surface area contributed by atoms with Crippen molar-refractivity contribution in [3.8, 4) is 0 Å². The fourth-order valence-corrected chi connectivity index (χ4v) is 3.35. The quantitative estimate of drug-likeness (QED) is 0.824. The number of anilines is 1. The number of benzene rings is 1. The molecule has 1 saturated heterocycles. The Labute approximate surface area is 158 Å². The van der Waals surface area contributed by atoms with Crippen LogP contribution in [0.3, 0.4) is 0 Å². The molecule has 0 bridgehead atoms. The van der Waals surface area contributed by atoms with E-state index in [0.29, 0.717) is 24.0 Å². The van der Waals surface area contributed by atoms with Gasteiger partial charge < -0.3 is 9.80 Å². The van der Waals surface area contributed by atoms with Gasteiger partial charge in [0.1, 0.15) is 6.54 Å². The van der Waals surface area contributed by atoms with Gasteiger partial charge in [0, 0.05) is 44.2 Å². The van der Waals surface area contributed by atoms with Crippen molar-refractivity contribution in [3.63, 3.8) is 0 Å². The number of piperidine rings is 1. The van der Waals surface area contributed by atoms with Crippen LogP contribution in [0.4, 0.5) is 5.69 Å². The van der Waals surface area contributed by atoms with Gasteiger partial charge in [0.05, 0.1) is 11.9 Å². The highest BCUT2D eigenvalue weighted by Gasteiger charge is 2.25. The maximum atomic E-state index is 12.7. The number of amides is 1. The summed E-state index contributed by atoms with van der Waals surface area (Å²) in [6.45, 7) is 1.35. The number of hydrogen-bond donors (Lipinski definition) is 0. The zero-order chi connectivity index (χ0) is 18.7. The maximum Gasteiger partial charge on any atom is 0.269 e. The minimum absolute atomic E-state index is 0.0279. The van der Waals surface area contributed by atoms with Gasteiger partial charge in [-0.3, -0.25) is 9.59 Å². The number of rotatable bonds is 4. The van der Waals surface area contributed by atoms with Gasteiger partial charge in [-0.2, -0.15) is 5.10 Å². The lowest BCUT2D eigenvalue weighted by Crippen LogP contribution is -2.42. The van der Waals surface area contributed by atoms with Crippen molar-refractivity contribution in [1.29, 1.82) is 0 Å². The van der Waals surface area contributed by atoms with E-state index in [1.54, 1.807) is 6.20 Å². The van der Waals surface area contributed by atoms with Crippen molar-refractivity contribution in [2.75, 3.05) is 32.1 Å². The number of aromatic nitrogens is 2. The zero-order valence-corrected chi connectivity index (χ0v) is 15.8. The molecular formula is C19H23ClN4O2. The molecule has 3 rings (SSSR count). The van der Waals surface area contributed by atoms with Gasteiger partial charge in [-0.05, 0) is 30.5 Å². The maximum absolute atomic E-state index is 12.7. The average Bonchev–Trinajstić information content (AvgIpc) is 2.64. The van der Waals surface area contributed by atoms with Gasteiger partial charge >= 0.3 is 0 Å². The minimum atomic E-state index is -0.268. The van der Waals surface area contributed by atoms with Crippen LogP contribution >= 0.6 is 11.6 Å². The molecule has 1 fully saturated rings. The first-order chi connectivity index (χ1) is 12.4. The fourth-order valence-electron chi connectivity index (χ4n) is 3.23. The van der Waals surface area contributed by atoms with Crippen LogP contribution in [0.2, 0.25) is 5.02 Å². The average molecular weight is 375 g/mol. The largest absolute Gasteiger partial charge is 0.376 e. The highest BCUT2D eigenvalue weighted by atomic mass is 35.5.